The van der Waals surface area contributed by atoms with Crippen molar-refractivity contribution < 1.29 is 32.1 Å². The van der Waals surface area contributed by atoms with E-state index in [9.17, 15) is 27.0 Å². The van der Waals surface area contributed by atoms with Gasteiger partial charge in [-0.15, -0.1) is 0 Å². The van der Waals surface area contributed by atoms with Crippen LogP contribution in [0.1, 0.15) is 6.42 Å². The Hall–Kier alpha value is -1.32. The average Bonchev–Trinajstić information content (AvgIpc) is 2.73. The van der Waals surface area contributed by atoms with Crippen LogP contribution < -0.4 is 5.32 Å². The number of amides is 2. The smallest absolute Gasteiger partial charge is 0.406 e. The number of nitrogens with zero attached hydrogens (tertiary/aromatic N) is 1. The quantitative estimate of drug-likeness (QED) is 0.787. The van der Waals surface area contributed by atoms with E-state index in [-0.39, 0.29) is 18.8 Å². The second-order valence-electron chi connectivity index (χ2n) is 4.57. The van der Waals surface area contributed by atoms with Crippen LogP contribution in [0.25, 0.3) is 0 Å². The molecule has 0 aromatic rings. The minimum atomic E-state index is -4.92. The number of halogens is 3. The fourth-order valence-corrected chi connectivity index (χ4v) is 2.31. The summed E-state index contributed by atoms with van der Waals surface area (Å²) in [6.45, 7) is -1.13. The van der Waals surface area contributed by atoms with E-state index in [2.05, 4.69) is 5.32 Å². The second-order valence-corrected chi connectivity index (χ2v) is 6.12. The van der Waals surface area contributed by atoms with Gasteiger partial charge in [0.1, 0.15) is 0 Å². The highest BCUT2D eigenvalue weighted by Gasteiger charge is 2.64. The van der Waals surface area contributed by atoms with Crippen molar-refractivity contribution in [3.8, 4) is 0 Å². The highest BCUT2D eigenvalue weighted by Crippen LogP contribution is 2.45. The second kappa shape index (κ2) is 5.98. The van der Waals surface area contributed by atoms with E-state index in [1.165, 1.54) is 6.26 Å². The fraction of sp³-hybridized carbons (Fsp3) is 0.800. The average molecular weight is 316 g/mol. The molecule has 1 aliphatic rings. The summed E-state index contributed by atoms with van der Waals surface area (Å²) >= 11 is 0. The van der Waals surface area contributed by atoms with E-state index in [4.69, 9.17) is 5.11 Å². The number of carboxylic acid groups (broad SMARTS) is 1. The fourth-order valence-electron chi connectivity index (χ4n) is 1.92. The number of hydrogen-bond donors (Lipinski definition) is 2. The molecule has 1 fully saturated rings. The van der Waals surface area contributed by atoms with Crippen molar-refractivity contribution >= 4 is 22.8 Å². The van der Waals surface area contributed by atoms with Gasteiger partial charge in [0, 0.05) is 42.4 Å². The third-order valence-corrected chi connectivity index (χ3v) is 3.95. The summed E-state index contributed by atoms with van der Waals surface area (Å²) in [6.07, 6.45) is -4.15. The van der Waals surface area contributed by atoms with Gasteiger partial charge >= 0.3 is 18.2 Å². The molecule has 0 bridgehead atoms. The van der Waals surface area contributed by atoms with Crippen LogP contribution in [-0.2, 0) is 15.6 Å². The first-order valence-corrected chi connectivity index (χ1v) is 7.46. The van der Waals surface area contributed by atoms with E-state index < -0.39 is 47.4 Å². The van der Waals surface area contributed by atoms with Gasteiger partial charge in [-0.05, 0) is 6.42 Å². The van der Waals surface area contributed by atoms with Crippen molar-refractivity contribution in [1.82, 2.24) is 10.2 Å². The van der Waals surface area contributed by atoms with Gasteiger partial charge in [-0.3, -0.25) is 9.00 Å². The van der Waals surface area contributed by atoms with Crippen LogP contribution in [0.15, 0.2) is 0 Å². The maximum absolute atomic E-state index is 12.9. The summed E-state index contributed by atoms with van der Waals surface area (Å²) in [5.74, 6) is -1.79. The normalized spacial score (nSPS) is 24.5. The molecule has 2 atom stereocenters. The molecule has 116 valence electrons. The minimum Gasteiger partial charge on any atom is -0.481 e. The third kappa shape index (κ3) is 3.41. The number of likely N-dealkylation sites (tertiary alicyclic amines) is 1. The summed E-state index contributed by atoms with van der Waals surface area (Å²) < 4.78 is 49.4. The van der Waals surface area contributed by atoms with Crippen LogP contribution in [0.4, 0.5) is 18.0 Å². The number of carbonyl (C=O) groups excluding carboxylic acids is 1. The van der Waals surface area contributed by atoms with Crippen molar-refractivity contribution in [1.29, 1.82) is 0 Å². The Morgan fingerprint density at radius 3 is 2.45 bits per heavy atom. The van der Waals surface area contributed by atoms with E-state index in [0.29, 0.717) is 0 Å². The van der Waals surface area contributed by atoms with E-state index in [1.54, 1.807) is 0 Å². The third-order valence-electron chi connectivity index (χ3n) is 3.17. The molecule has 1 saturated heterocycles. The predicted octanol–water partition coefficient (Wildman–Crippen LogP) is 0.413. The van der Waals surface area contributed by atoms with Gasteiger partial charge in [0.25, 0.3) is 0 Å². The van der Waals surface area contributed by atoms with E-state index in [0.717, 1.165) is 4.90 Å². The zero-order chi connectivity index (χ0) is 15.6. The molecule has 6 nitrogen and oxygen atoms in total. The molecule has 1 aliphatic heterocycles. The highest BCUT2D eigenvalue weighted by atomic mass is 32.2. The van der Waals surface area contributed by atoms with Crippen molar-refractivity contribution in [3.05, 3.63) is 0 Å². The Bertz CT molecular complexity index is 429. The Morgan fingerprint density at radius 1 is 1.45 bits per heavy atom. The van der Waals surface area contributed by atoms with Gasteiger partial charge in [0.05, 0.1) is 0 Å². The van der Waals surface area contributed by atoms with Crippen molar-refractivity contribution in [2.75, 3.05) is 31.6 Å². The Morgan fingerprint density at radius 2 is 2.05 bits per heavy atom. The largest absolute Gasteiger partial charge is 0.481 e. The first kappa shape index (κ1) is 16.7. The maximum atomic E-state index is 12.9. The number of hydrogen-bond acceptors (Lipinski definition) is 3. The van der Waals surface area contributed by atoms with Crippen LogP contribution in [0.2, 0.25) is 0 Å². The Kier molecular flexibility index (Phi) is 5.00. The molecular formula is C10H15F3N2O4S. The molecule has 0 aliphatic carbocycles. The zero-order valence-corrected chi connectivity index (χ0v) is 11.5. The summed E-state index contributed by atoms with van der Waals surface area (Å²) in [7, 11) is -1.13. The van der Waals surface area contributed by atoms with Gasteiger partial charge < -0.3 is 15.3 Å². The number of rotatable bonds is 4. The minimum absolute atomic E-state index is 0.0601. The number of carbonyl (C=O) groups is 2. The van der Waals surface area contributed by atoms with Gasteiger partial charge in [0.15, 0.2) is 5.41 Å². The van der Waals surface area contributed by atoms with Crippen molar-refractivity contribution in [2.45, 2.75) is 12.6 Å². The number of carboxylic acids is 1. The van der Waals surface area contributed by atoms with Crippen LogP contribution in [0.5, 0.6) is 0 Å². The summed E-state index contributed by atoms with van der Waals surface area (Å²) in [6, 6.07) is -0.775. The molecule has 20 heavy (non-hydrogen) atoms. The molecule has 0 aromatic heterocycles. The topological polar surface area (TPSA) is 86.7 Å². The molecule has 1 heterocycles. The molecule has 0 aromatic carbocycles. The molecule has 10 heteroatoms. The SMILES string of the molecule is CS(=O)CCNC(=O)N1CCC(C(=O)O)(C(F)(F)F)C1. The van der Waals surface area contributed by atoms with Gasteiger partial charge in [-0.1, -0.05) is 0 Å². The van der Waals surface area contributed by atoms with Gasteiger partial charge in [0.2, 0.25) is 0 Å². The summed E-state index contributed by atoms with van der Waals surface area (Å²) in [5.41, 5.74) is -2.90. The molecule has 2 unspecified atom stereocenters. The summed E-state index contributed by atoms with van der Waals surface area (Å²) in [5, 5.41) is 11.1. The Balaban J connectivity index is 2.67. The van der Waals surface area contributed by atoms with E-state index in [1.807, 2.05) is 0 Å². The first-order valence-electron chi connectivity index (χ1n) is 5.73. The molecule has 2 amide bonds. The molecule has 0 radical (unpaired) electrons. The number of nitrogens with one attached hydrogen (secondary N) is 1. The zero-order valence-electron chi connectivity index (χ0n) is 10.7. The van der Waals surface area contributed by atoms with Gasteiger partial charge in [-0.25, -0.2) is 4.79 Å². The van der Waals surface area contributed by atoms with E-state index >= 15 is 0 Å². The summed E-state index contributed by atoms with van der Waals surface area (Å²) in [4.78, 5) is 23.4. The maximum Gasteiger partial charge on any atom is 0.406 e. The standard InChI is InChI=1S/C10H15F3N2O4S/c1-20(19)5-3-14-8(18)15-4-2-9(6-15,7(16)17)10(11,12)13/h2-6H2,1H3,(H,14,18)(H,16,17). The lowest BCUT2D eigenvalue weighted by Crippen LogP contribution is -2.49. The molecule has 0 spiro atoms. The van der Waals surface area contributed by atoms with Crippen molar-refractivity contribution in [3.63, 3.8) is 0 Å². The van der Waals surface area contributed by atoms with Crippen molar-refractivity contribution in [2.24, 2.45) is 5.41 Å². The Labute approximate surface area is 115 Å². The highest BCUT2D eigenvalue weighted by molar-refractivity contribution is 7.84. The molecular weight excluding hydrogens is 301 g/mol. The number of alkyl halides is 3. The monoisotopic (exact) mass is 316 g/mol. The predicted molar refractivity (Wildman–Crippen MR) is 64.6 cm³/mol. The number of urea groups is 1. The lowest BCUT2D eigenvalue weighted by molar-refractivity contribution is -0.226. The first-order chi connectivity index (χ1) is 9.10. The number of aliphatic carboxylic acids is 1. The lowest BCUT2D eigenvalue weighted by Gasteiger charge is -2.27. The van der Waals surface area contributed by atoms with Crippen LogP contribution in [0, 0.1) is 5.41 Å². The molecule has 1 rings (SSSR count). The van der Waals surface area contributed by atoms with Crippen LogP contribution in [-0.4, -0.2) is 64.0 Å². The lowest BCUT2D eigenvalue weighted by atomic mass is 9.86. The van der Waals surface area contributed by atoms with Crippen LogP contribution >= 0.6 is 0 Å². The molecule has 0 saturated carbocycles. The van der Waals surface area contributed by atoms with Crippen LogP contribution in [0.3, 0.4) is 0 Å². The van der Waals surface area contributed by atoms with Gasteiger partial charge in [-0.2, -0.15) is 13.2 Å². The molecule has 2 N–H and O–H groups in total.